The molecule has 2 aliphatic heterocycles. The fourth-order valence-corrected chi connectivity index (χ4v) is 3.60. The van der Waals surface area contributed by atoms with Crippen molar-refractivity contribution in [1.29, 1.82) is 0 Å². The maximum Gasteiger partial charge on any atom is 0.268 e. The van der Waals surface area contributed by atoms with Crippen LogP contribution in [-0.2, 0) is 9.59 Å². The summed E-state index contributed by atoms with van der Waals surface area (Å²) >= 11 is 0. The Hall–Kier alpha value is -3.35. The zero-order valence-electron chi connectivity index (χ0n) is 17.1. The number of rotatable bonds is 5. The Morgan fingerprint density at radius 1 is 1.03 bits per heavy atom. The van der Waals surface area contributed by atoms with E-state index >= 15 is 0 Å². The minimum Gasteiger partial charge on any atom is -0.486 e. The number of para-hydroxylation sites is 1. The molecule has 7 nitrogen and oxygen atoms in total. The first-order valence-corrected chi connectivity index (χ1v) is 10.2. The monoisotopic (exact) mass is 407 g/mol. The van der Waals surface area contributed by atoms with Gasteiger partial charge in [-0.2, -0.15) is 5.10 Å². The summed E-state index contributed by atoms with van der Waals surface area (Å²) in [4.78, 5) is 25.3. The predicted octanol–water partition coefficient (Wildman–Crippen LogP) is 3.45. The molecule has 1 N–H and O–H groups in total. The lowest BCUT2D eigenvalue weighted by atomic mass is 9.95. The summed E-state index contributed by atoms with van der Waals surface area (Å²) in [5.74, 6) is 1.16. The molecule has 0 aliphatic carbocycles. The van der Waals surface area contributed by atoms with Crippen LogP contribution in [0.5, 0.6) is 11.5 Å². The van der Waals surface area contributed by atoms with Crippen molar-refractivity contribution in [2.45, 2.75) is 32.7 Å². The molecule has 0 aromatic heterocycles. The smallest absolute Gasteiger partial charge is 0.268 e. The molecule has 4 rings (SSSR count). The Labute approximate surface area is 175 Å². The van der Waals surface area contributed by atoms with Crippen LogP contribution >= 0.6 is 0 Å². The predicted molar refractivity (Wildman–Crippen MR) is 114 cm³/mol. The van der Waals surface area contributed by atoms with Crippen LogP contribution in [0.15, 0.2) is 53.6 Å². The second kappa shape index (κ2) is 8.57. The van der Waals surface area contributed by atoms with Crippen molar-refractivity contribution < 1.29 is 19.1 Å². The lowest BCUT2D eigenvalue weighted by molar-refractivity contribution is -0.119. The first-order chi connectivity index (χ1) is 14.5. The maximum absolute atomic E-state index is 13.0. The van der Waals surface area contributed by atoms with Gasteiger partial charge < -0.3 is 14.8 Å². The summed E-state index contributed by atoms with van der Waals surface area (Å²) in [6, 6.07) is 14.7. The highest BCUT2D eigenvalue weighted by molar-refractivity contribution is 6.40. The molecule has 7 heteroatoms. The van der Waals surface area contributed by atoms with Crippen molar-refractivity contribution in [3.8, 4) is 11.5 Å². The molecule has 0 fully saturated rings. The van der Waals surface area contributed by atoms with Crippen LogP contribution in [0.2, 0.25) is 0 Å². The minimum absolute atomic E-state index is 0.120. The number of hydrazone groups is 1. The zero-order valence-corrected chi connectivity index (χ0v) is 17.1. The molecule has 2 heterocycles. The van der Waals surface area contributed by atoms with E-state index in [1.807, 2.05) is 50.2 Å². The number of carbonyl (C=O) groups excluding carboxylic acids is 2. The number of hydrogen-bond acceptors (Lipinski definition) is 5. The van der Waals surface area contributed by atoms with Gasteiger partial charge in [-0.1, -0.05) is 38.1 Å². The summed E-state index contributed by atoms with van der Waals surface area (Å²) in [7, 11) is 0. The fourth-order valence-electron chi connectivity index (χ4n) is 3.60. The topological polar surface area (TPSA) is 80.2 Å². The average molecular weight is 407 g/mol. The van der Waals surface area contributed by atoms with Gasteiger partial charge in [-0.25, -0.2) is 5.01 Å². The van der Waals surface area contributed by atoms with E-state index in [1.165, 1.54) is 5.01 Å². The van der Waals surface area contributed by atoms with Gasteiger partial charge >= 0.3 is 0 Å². The molecule has 0 radical (unpaired) electrons. The van der Waals surface area contributed by atoms with Crippen LogP contribution in [0.3, 0.4) is 0 Å². The van der Waals surface area contributed by atoms with Gasteiger partial charge in [0.15, 0.2) is 11.5 Å². The van der Waals surface area contributed by atoms with Gasteiger partial charge in [0.05, 0.1) is 11.7 Å². The van der Waals surface area contributed by atoms with Gasteiger partial charge in [0.1, 0.15) is 18.9 Å². The molecule has 0 saturated heterocycles. The lowest BCUT2D eigenvalue weighted by Gasteiger charge is -2.27. The number of amides is 2. The molecule has 2 aromatic carbocycles. The van der Waals surface area contributed by atoms with Crippen LogP contribution < -0.4 is 19.8 Å². The second-order valence-electron chi connectivity index (χ2n) is 7.69. The molecule has 2 aromatic rings. The Morgan fingerprint density at radius 2 is 1.77 bits per heavy atom. The third kappa shape index (κ3) is 4.15. The summed E-state index contributed by atoms with van der Waals surface area (Å²) in [6.45, 7) is 5.14. The second-order valence-corrected chi connectivity index (χ2v) is 7.69. The molecule has 156 valence electrons. The first kappa shape index (κ1) is 19.9. The first-order valence-electron chi connectivity index (χ1n) is 10.2. The number of ether oxygens (including phenoxy) is 2. The van der Waals surface area contributed by atoms with Crippen LogP contribution in [0.25, 0.3) is 0 Å². The molecule has 2 aliphatic rings. The molecule has 0 bridgehead atoms. The van der Waals surface area contributed by atoms with Crippen LogP contribution in [0.1, 0.15) is 38.3 Å². The highest BCUT2D eigenvalue weighted by Crippen LogP contribution is 2.34. The molecular formula is C23H25N3O4. The molecule has 0 unspecified atom stereocenters. The molecule has 0 spiro atoms. The summed E-state index contributed by atoms with van der Waals surface area (Å²) in [5.41, 5.74) is 1.94. The van der Waals surface area contributed by atoms with Crippen LogP contribution in [0, 0.1) is 5.92 Å². The fraction of sp³-hybridized carbons (Fsp3) is 0.348. The summed E-state index contributed by atoms with van der Waals surface area (Å²) < 4.78 is 11.3. The van der Waals surface area contributed by atoms with Crippen molar-refractivity contribution in [3.05, 3.63) is 54.1 Å². The molecule has 1 atom stereocenters. The number of benzene rings is 2. The molecule has 2 amide bonds. The Kier molecular flexibility index (Phi) is 5.70. The lowest BCUT2D eigenvalue weighted by Crippen LogP contribution is -2.41. The Bertz CT molecular complexity index is 972. The summed E-state index contributed by atoms with van der Waals surface area (Å²) in [5, 5.41) is 8.76. The standard InChI is InChI=1S/C23H25N3O4/c1-15(2)22(16-8-10-19-20(14-16)30-13-12-29-19)24-23(28)18-9-11-21(27)26(25-18)17-6-4-3-5-7-17/h3-8,10,14-15,22H,9,11-13H2,1-2H3,(H,24,28)/t22-/m0/s1. The third-order valence-electron chi connectivity index (χ3n) is 5.17. The van der Waals surface area contributed by atoms with Crippen molar-refractivity contribution in [3.63, 3.8) is 0 Å². The molecule has 30 heavy (non-hydrogen) atoms. The largest absolute Gasteiger partial charge is 0.486 e. The van der Waals surface area contributed by atoms with Gasteiger partial charge in [0.25, 0.3) is 5.91 Å². The van der Waals surface area contributed by atoms with Crippen molar-refractivity contribution >= 4 is 23.2 Å². The van der Waals surface area contributed by atoms with Gasteiger partial charge in [0, 0.05) is 12.8 Å². The van der Waals surface area contributed by atoms with Crippen molar-refractivity contribution in [2.24, 2.45) is 11.0 Å². The average Bonchev–Trinajstić information content (AvgIpc) is 2.77. The SMILES string of the molecule is CC(C)[C@H](NC(=O)C1=NN(c2ccccc2)C(=O)CC1)c1ccc2c(c1)OCCO2. The highest BCUT2D eigenvalue weighted by atomic mass is 16.6. The number of hydrogen-bond donors (Lipinski definition) is 1. The van der Waals surface area contributed by atoms with Crippen molar-refractivity contribution in [2.75, 3.05) is 18.2 Å². The normalized spacial score (nSPS) is 16.8. The van der Waals surface area contributed by atoms with E-state index in [0.29, 0.717) is 42.5 Å². The van der Waals surface area contributed by atoms with E-state index in [9.17, 15) is 9.59 Å². The van der Waals surface area contributed by atoms with Gasteiger partial charge in [-0.3, -0.25) is 9.59 Å². The highest BCUT2D eigenvalue weighted by Gasteiger charge is 2.28. The van der Waals surface area contributed by atoms with Crippen LogP contribution in [0.4, 0.5) is 5.69 Å². The van der Waals surface area contributed by atoms with Gasteiger partial charge in [-0.05, 0) is 35.7 Å². The van der Waals surface area contributed by atoms with Gasteiger partial charge in [-0.15, -0.1) is 0 Å². The molecular weight excluding hydrogens is 382 g/mol. The number of carbonyl (C=O) groups is 2. The quantitative estimate of drug-likeness (QED) is 0.823. The minimum atomic E-state index is -0.267. The number of anilines is 1. The zero-order chi connectivity index (χ0) is 21.1. The van der Waals surface area contributed by atoms with E-state index in [-0.39, 0.29) is 30.2 Å². The van der Waals surface area contributed by atoms with E-state index in [2.05, 4.69) is 10.4 Å². The number of fused-ring (bicyclic) bond motifs is 1. The maximum atomic E-state index is 13.0. The van der Waals surface area contributed by atoms with Gasteiger partial charge in [0.2, 0.25) is 5.91 Å². The number of nitrogens with one attached hydrogen (secondary N) is 1. The third-order valence-corrected chi connectivity index (χ3v) is 5.17. The Morgan fingerprint density at radius 3 is 2.50 bits per heavy atom. The van der Waals surface area contributed by atoms with Crippen LogP contribution in [-0.4, -0.2) is 30.7 Å². The Balaban J connectivity index is 1.55. The molecule has 0 saturated carbocycles. The van der Waals surface area contributed by atoms with E-state index < -0.39 is 0 Å². The van der Waals surface area contributed by atoms with E-state index in [4.69, 9.17) is 9.47 Å². The number of nitrogens with zero attached hydrogens (tertiary/aromatic N) is 2. The van der Waals surface area contributed by atoms with E-state index in [1.54, 1.807) is 12.1 Å². The summed E-state index contributed by atoms with van der Waals surface area (Å²) in [6.07, 6.45) is 0.567. The van der Waals surface area contributed by atoms with Crippen molar-refractivity contribution in [1.82, 2.24) is 5.32 Å². The van der Waals surface area contributed by atoms with E-state index in [0.717, 1.165) is 5.56 Å².